The molecule has 2 rings (SSSR count). The van der Waals surface area contributed by atoms with Crippen molar-refractivity contribution < 1.29 is 9.90 Å². The maximum atomic E-state index is 10.9. The van der Waals surface area contributed by atoms with Gasteiger partial charge >= 0.3 is 5.97 Å². The molecule has 1 heterocycles. The van der Waals surface area contributed by atoms with Crippen LogP contribution < -0.4 is 0 Å². The number of aromatic nitrogens is 1. The van der Waals surface area contributed by atoms with Gasteiger partial charge in [0.25, 0.3) is 0 Å². The van der Waals surface area contributed by atoms with Gasteiger partial charge in [-0.05, 0) is 30.3 Å². The lowest BCUT2D eigenvalue weighted by Crippen LogP contribution is -1.99. The molecule has 0 unspecified atom stereocenters. The minimum atomic E-state index is -1.07. The third-order valence-electron chi connectivity index (χ3n) is 2.24. The number of nitriles is 1. The van der Waals surface area contributed by atoms with Gasteiger partial charge in [0.05, 0.1) is 5.56 Å². The molecular weight excluding hydrogens is 328 g/mol. The van der Waals surface area contributed by atoms with Gasteiger partial charge in [-0.1, -0.05) is 27.7 Å². The Balaban J connectivity index is 2.36. The minimum absolute atomic E-state index is 0.0153. The highest BCUT2D eigenvalue weighted by molar-refractivity contribution is 9.10. The molecule has 0 atom stereocenters. The van der Waals surface area contributed by atoms with Crippen molar-refractivity contribution in [2.45, 2.75) is 9.79 Å². The van der Waals surface area contributed by atoms with E-state index in [4.69, 9.17) is 10.4 Å². The van der Waals surface area contributed by atoms with E-state index in [-0.39, 0.29) is 5.69 Å². The number of benzene rings is 1. The van der Waals surface area contributed by atoms with E-state index in [0.29, 0.717) is 5.56 Å². The molecular formula is C13H7BrN2O2S. The molecule has 2 aromatic rings. The normalized spacial score (nSPS) is 9.89. The van der Waals surface area contributed by atoms with Gasteiger partial charge in [-0.2, -0.15) is 5.26 Å². The molecule has 1 aromatic carbocycles. The molecule has 0 spiro atoms. The SMILES string of the molecule is N#Cc1ccc(Br)cc1Sc1ccnc(C(=O)O)c1. The van der Waals surface area contributed by atoms with Crippen molar-refractivity contribution in [3.8, 4) is 6.07 Å². The van der Waals surface area contributed by atoms with E-state index in [1.807, 2.05) is 6.07 Å². The highest BCUT2D eigenvalue weighted by Gasteiger charge is 2.09. The van der Waals surface area contributed by atoms with Crippen molar-refractivity contribution in [1.82, 2.24) is 4.98 Å². The van der Waals surface area contributed by atoms with Gasteiger partial charge < -0.3 is 5.11 Å². The number of halogens is 1. The van der Waals surface area contributed by atoms with Gasteiger partial charge in [0.15, 0.2) is 0 Å². The first-order chi connectivity index (χ1) is 9.10. The zero-order valence-electron chi connectivity index (χ0n) is 9.50. The molecule has 0 bridgehead atoms. The van der Waals surface area contributed by atoms with E-state index in [0.717, 1.165) is 14.3 Å². The van der Waals surface area contributed by atoms with Gasteiger partial charge in [0.1, 0.15) is 11.8 Å². The second-order valence-corrected chi connectivity index (χ2v) is 5.57. The first-order valence-corrected chi connectivity index (χ1v) is 6.78. The van der Waals surface area contributed by atoms with Crippen LogP contribution in [0.15, 0.2) is 50.8 Å². The van der Waals surface area contributed by atoms with Crippen molar-refractivity contribution in [2.24, 2.45) is 0 Å². The molecule has 0 aliphatic heterocycles. The largest absolute Gasteiger partial charge is 0.477 e. The number of carboxylic acid groups (broad SMARTS) is 1. The van der Waals surface area contributed by atoms with Gasteiger partial charge in [0.2, 0.25) is 0 Å². The van der Waals surface area contributed by atoms with Crippen molar-refractivity contribution in [1.29, 1.82) is 5.26 Å². The van der Waals surface area contributed by atoms with Crippen LogP contribution in [0.4, 0.5) is 0 Å². The van der Waals surface area contributed by atoms with Crippen LogP contribution in [-0.4, -0.2) is 16.1 Å². The summed E-state index contributed by atoms with van der Waals surface area (Å²) in [6.45, 7) is 0. The van der Waals surface area contributed by atoms with Crippen LogP contribution in [0.5, 0.6) is 0 Å². The molecule has 1 N–H and O–H groups in total. The van der Waals surface area contributed by atoms with Crippen LogP contribution in [0.2, 0.25) is 0 Å². The number of nitrogens with zero attached hydrogens (tertiary/aromatic N) is 2. The summed E-state index contributed by atoms with van der Waals surface area (Å²) >= 11 is 4.68. The predicted octanol–water partition coefficient (Wildman–Crippen LogP) is 3.57. The second kappa shape index (κ2) is 5.87. The monoisotopic (exact) mass is 334 g/mol. The molecule has 6 heteroatoms. The first-order valence-electron chi connectivity index (χ1n) is 5.17. The molecule has 1 aromatic heterocycles. The summed E-state index contributed by atoms with van der Waals surface area (Å²) in [5.41, 5.74) is 0.528. The van der Waals surface area contributed by atoms with Gasteiger partial charge in [-0.15, -0.1) is 0 Å². The number of hydrogen-bond acceptors (Lipinski definition) is 4. The Morgan fingerprint density at radius 2 is 2.16 bits per heavy atom. The van der Waals surface area contributed by atoms with Crippen molar-refractivity contribution >= 4 is 33.7 Å². The topological polar surface area (TPSA) is 74.0 Å². The highest BCUT2D eigenvalue weighted by Crippen LogP contribution is 2.32. The summed E-state index contributed by atoms with van der Waals surface area (Å²) in [6, 6.07) is 10.6. The third-order valence-corrected chi connectivity index (χ3v) is 3.78. The molecule has 0 saturated heterocycles. The van der Waals surface area contributed by atoms with Gasteiger partial charge in [0, 0.05) is 20.5 Å². The Morgan fingerprint density at radius 1 is 1.37 bits per heavy atom. The lowest BCUT2D eigenvalue weighted by Gasteiger charge is -2.05. The number of rotatable bonds is 3. The van der Waals surface area contributed by atoms with Crippen LogP contribution in [0, 0.1) is 11.3 Å². The van der Waals surface area contributed by atoms with E-state index >= 15 is 0 Å². The van der Waals surface area contributed by atoms with Crippen LogP contribution in [0.1, 0.15) is 16.1 Å². The predicted molar refractivity (Wildman–Crippen MR) is 74.2 cm³/mol. The van der Waals surface area contributed by atoms with Crippen LogP contribution in [-0.2, 0) is 0 Å². The Bertz CT molecular complexity index is 683. The van der Waals surface area contributed by atoms with E-state index in [1.165, 1.54) is 24.0 Å². The Morgan fingerprint density at radius 3 is 2.84 bits per heavy atom. The average molecular weight is 335 g/mol. The summed E-state index contributed by atoms with van der Waals surface area (Å²) in [5, 5.41) is 17.9. The van der Waals surface area contributed by atoms with Crippen molar-refractivity contribution in [2.75, 3.05) is 0 Å². The Kier molecular flexibility index (Phi) is 4.20. The van der Waals surface area contributed by atoms with Crippen LogP contribution >= 0.6 is 27.7 Å². The fourth-order valence-electron chi connectivity index (χ4n) is 1.39. The number of carbonyl (C=O) groups is 1. The molecule has 0 fully saturated rings. The molecule has 4 nitrogen and oxygen atoms in total. The average Bonchev–Trinajstić information content (AvgIpc) is 2.39. The van der Waals surface area contributed by atoms with Crippen LogP contribution in [0.3, 0.4) is 0 Å². The number of carboxylic acids is 1. The van der Waals surface area contributed by atoms with E-state index in [9.17, 15) is 4.79 Å². The number of hydrogen-bond donors (Lipinski definition) is 1. The van der Waals surface area contributed by atoms with Crippen molar-refractivity contribution in [3.05, 3.63) is 52.3 Å². The molecule has 19 heavy (non-hydrogen) atoms. The fourth-order valence-corrected chi connectivity index (χ4v) is 2.87. The zero-order chi connectivity index (χ0) is 13.8. The first kappa shape index (κ1) is 13.6. The Hall–Kier alpha value is -1.84. The van der Waals surface area contributed by atoms with E-state index < -0.39 is 5.97 Å². The molecule has 94 valence electrons. The van der Waals surface area contributed by atoms with Gasteiger partial charge in [-0.3, -0.25) is 0 Å². The van der Waals surface area contributed by atoms with Gasteiger partial charge in [-0.25, -0.2) is 9.78 Å². The smallest absolute Gasteiger partial charge is 0.354 e. The standard InChI is InChI=1S/C13H7BrN2O2S/c14-9-2-1-8(7-15)12(5-9)19-10-3-4-16-11(6-10)13(17)18/h1-6H,(H,17,18). The minimum Gasteiger partial charge on any atom is -0.477 e. The van der Waals surface area contributed by atoms with E-state index in [2.05, 4.69) is 27.0 Å². The molecule has 0 aliphatic carbocycles. The van der Waals surface area contributed by atoms with Crippen molar-refractivity contribution in [3.63, 3.8) is 0 Å². The number of aromatic carboxylic acids is 1. The van der Waals surface area contributed by atoms with Crippen LogP contribution in [0.25, 0.3) is 0 Å². The number of pyridine rings is 1. The molecule has 0 aliphatic rings. The lowest BCUT2D eigenvalue weighted by atomic mass is 10.2. The molecule has 0 amide bonds. The fraction of sp³-hybridized carbons (Fsp3) is 0. The Labute approximate surface area is 122 Å². The highest BCUT2D eigenvalue weighted by atomic mass is 79.9. The third kappa shape index (κ3) is 3.34. The zero-order valence-corrected chi connectivity index (χ0v) is 11.9. The lowest BCUT2D eigenvalue weighted by molar-refractivity contribution is 0.0690. The molecule has 0 radical (unpaired) electrons. The summed E-state index contributed by atoms with van der Waals surface area (Å²) in [6.07, 6.45) is 1.44. The summed E-state index contributed by atoms with van der Waals surface area (Å²) < 4.78 is 0.863. The molecule has 0 saturated carbocycles. The summed E-state index contributed by atoms with van der Waals surface area (Å²) in [4.78, 5) is 16.1. The van der Waals surface area contributed by atoms with E-state index in [1.54, 1.807) is 18.2 Å². The summed E-state index contributed by atoms with van der Waals surface area (Å²) in [7, 11) is 0. The quantitative estimate of drug-likeness (QED) is 0.928. The second-order valence-electron chi connectivity index (χ2n) is 3.54. The maximum Gasteiger partial charge on any atom is 0.354 e. The summed E-state index contributed by atoms with van der Waals surface area (Å²) in [5.74, 6) is -1.07. The maximum absolute atomic E-state index is 10.9.